The SMILES string of the molecule is Nc1ccc(CCC(=O)NCC(=O)NC2CC2)cc1. The number of nitrogens with two attached hydrogens (primary N) is 1. The van der Waals surface area contributed by atoms with Gasteiger partial charge in [0.05, 0.1) is 6.54 Å². The van der Waals surface area contributed by atoms with Crippen molar-refractivity contribution < 1.29 is 9.59 Å². The highest BCUT2D eigenvalue weighted by molar-refractivity contribution is 5.85. The quantitative estimate of drug-likeness (QED) is 0.655. The van der Waals surface area contributed by atoms with Gasteiger partial charge in [-0.3, -0.25) is 9.59 Å². The van der Waals surface area contributed by atoms with Gasteiger partial charge in [0, 0.05) is 18.2 Å². The van der Waals surface area contributed by atoms with E-state index < -0.39 is 0 Å². The molecule has 1 saturated carbocycles. The lowest BCUT2D eigenvalue weighted by molar-refractivity contribution is -0.126. The molecular formula is C14H19N3O2. The summed E-state index contributed by atoms with van der Waals surface area (Å²) in [6.07, 6.45) is 3.13. The third-order valence-electron chi connectivity index (χ3n) is 3.01. The summed E-state index contributed by atoms with van der Waals surface area (Å²) >= 11 is 0. The first kappa shape index (κ1) is 13.4. The number of amides is 2. The van der Waals surface area contributed by atoms with Crippen molar-refractivity contribution in [3.05, 3.63) is 29.8 Å². The van der Waals surface area contributed by atoms with Crippen molar-refractivity contribution in [3.8, 4) is 0 Å². The van der Waals surface area contributed by atoms with Gasteiger partial charge in [0.25, 0.3) is 0 Å². The number of anilines is 1. The third kappa shape index (κ3) is 4.99. The fourth-order valence-electron chi connectivity index (χ4n) is 1.72. The van der Waals surface area contributed by atoms with Crippen molar-refractivity contribution in [2.24, 2.45) is 0 Å². The zero-order chi connectivity index (χ0) is 13.7. The summed E-state index contributed by atoms with van der Waals surface area (Å²) in [6, 6.07) is 7.77. The Bertz CT molecular complexity index is 452. The second-order valence-corrected chi connectivity index (χ2v) is 4.86. The number of rotatable bonds is 6. The topological polar surface area (TPSA) is 84.2 Å². The normalized spacial score (nSPS) is 13.9. The molecule has 1 aromatic carbocycles. The van der Waals surface area contributed by atoms with E-state index in [1.54, 1.807) is 0 Å². The van der Waals surface area contributed by atoms with Gasteiger partial charge < -0.3 is 16.4 Å². The average Bonchev–Trinajstić information content (AvgIpc) is 3.19. The van der Waals surface area contributed by atoms with Gasteiger partial charge in [0.15, 0.2) is 0 Å². The Labute approximate surface area is 112 Å². The van der Waals surface area contributed by atoms with Crippen LogP contribution in [0.4, 0.5) is 5.69 Å². The molecule has 2 amide bonds. The standard InChI is InChI=1S/C14H19N3O2/c15-11-4-1-10(2-5-11)3-8-13(18)16-9-14(19)17-12-6-7-12/h1-2,4-5,12H,3,6-9,15H2,(H,16,18)(H,17,19). The highest BCUT2D eigenvalue weighted by Gasteiger charge is 2.23. The largest absolute Gasteiger partial charge is 0.399 e. The molecule has 1 fully saturated rings. The summed E-state index contributed by atoms with van der Waals surface area (Å²) in [7, 11) is 0. The van der Waals surface area contributed by atoms with E-state index >= 15 is 0 Å². The second kappa shape index (κ2) is 6.22. The molecule has 1 aromatic rings. The van der Waals surface area contributed by atoms with Gasteiger partial charge in [-0.05, 0) is 37.0 Å². The minimum absolute atomic E-state index is 0.0665. The molecule has 0 aromatic heterocycles. The van der Waals surface area contributed by atoms with Gasteiger partial charge in [-0.2, -0.15) is 0 Å². The summed E-state index contributed by atoms with van der Waals surface area (Å²) in [6.45, 7) is 0.0665. The molecule has 0 spiro atoms. The summed E-state index contributed by atoms with van der Waals surface area (Å²) < 4.78 is 0. The maximum Gasteiger partial charge on any atom is 0.239 e. The van der Waals surface area contributed by atoms with Crippen molar-refractivity contribution in [2.75, 3.05) is 12.3 Å². The van der Waals surface area contributed by atoms with Crippen LogP contribution in [0, 0.1) is 0 Å². The van der Waals surface area contributed by atoms with E-state index in [0.717, 1.165) is 18.4 Å². The Morgan fingerprint density at radius 1 is 1.16 bits per heavy atom. The maximum atomic E-state index is 11.6. The zero-order valence-corrected chi connectivity index (χ0v) is 10.8. The van der Waals surface area contributed by atoms with Crippen LogP contribution in [0.2, 0.25) is 0 Å². The first-order valence-corrected chi connectivity index (χ1v) is 6.54. The molecule has 2 rings (SSSR count). The van der Waals surface area contributed by atoms with Crippen LogP contribution in [-0.2, 0) is 16.0 Å². The van der Waals surface area contributed by atoms with Gasteiger partial charge in [0.2, 0.25) is 11.8 Å². The third-order valence-corrected chi connectivity index (χ3v) is 3.01. The molecule has 4 N–H and O–H groups in total. The molecule has 5 heteroatoms. The van der Waals surface area contributed by atoms with Gasteiger partial charge in [-0.15, -0.1) is 0 Å². The van der Waals surface area contributed by atoms with E-state index in [9.17, 15) is 9.59 Å². The van der Waals surface area contributed by atoms with Crippen molar-refractivity contribution in [2.45, 2.75) is 31.7 Å². The molecule has 19 heavy (non-hydrogen) atoms. The molecule has 0 heterocycles. The Balaban J connectivity index is 1.63. The van der Waals surface area contributed by atoms with Crippen LogP contribution >= 0.6 is 0 Å². The Morgan fingerprint density at radius 3 is 2.47 bits per heavy atom. The number of benzene rings is 1. The van der Waals surface area contributed by atoms with Crippen LogP contribution in [-0.4, -0.2) is 24.4 Å². The number of aryl methyl sites for hydroxylation is 1. The highest BCUT2D eigenvalue weighted by atomic mass is 16.2. The van der Waals surface area contributed by atoms with E-state index in [0.29, 0.717) is 24.6 Å². The molecule has 0 radical (unpaired) electrons. The van der Waals surface area contributed by atoms with Crippen molar-refractivity contribution in [1.82, 2.24) is 10.6 Å². The average molecular weight is 261 g/mol. The highest BCUT2D eigenvalue weighted by Crippen LogP contribution is 2.18. The first-order valence-electron chi connectivity index (χ1n) is 6.54. The molecule has 5 nitrogen and oxygen atoms in total. The van der Waals surface area contributed by atoms with E-state index in [1.807, 2.05) is 24.3 Å². The van der Waals surface area contributed by atoms with Crippen LogP contribution in [0.5, 0.6) is 0 Å². The Kier molecular flexibility index (Phi) is 4.39. The van der Waals surface area contributed by atoms with Crippen LogP contribution in [0.15, 0.2) is 24.3 Å². The lowest BCUT2D eigenvalue weighted by Crippen LogP contribution is -2.37. The van der Waals surface area contributed by atoms with Gasteiger partial charge in [-0.1, -0.05) is 12.1 Å². The monoisotopic (exact) mass is 261 g/mol. The molecule has 0 aliphatic heterocycles. The maximum absolute atomic E-state index is 11.6. The predicted octanol–water partition coefficient (Wildman–Crippen LogP) is 0.596. The zero-order valence-electron chi connectivity index (χ0n) is 10.8. The molecule has 1 aliphatic rings. The molecule has 0 unspecified atom stereocenters. The predicted molar refractivity (Wildman–Crippen MR) is 73.3 cm³/mol. The van der Waals surface area contributed by atoms with Crippen molar-refractivity contribution in [1.29, 1.82) is 0 Å². The Hall–Kier alpha value is -2.04. The molecule has 0 bridgehead atoms. The number of nitrogen functional groups attached to an aromatic ring is 1. The Morgan fingerprint density at radius 2 is 1.84 bits per heavy atom. The van der Waals surface area contributed by atoms with Crippen molar-refractivity contribution >= 4 is 17.5 Å². The molecule has 0 atom stereocenters. The minimum atomic E-state index is -0.109. The van der Waals surface area contributed by atoms with Crippen LogP contribution in [0.25, 0.3) is 0 Å². The van der Waals surface area contributed by atoms with Crippen molar-refractivity contribution in [3.63, 3.8) is 0 Å². The summed E-state index contributed by atoms with van der Waals surface area (Å²) in [5, 5.41) is 5.44. The number of carbonyl (C=O) groups excluding carboxylic acids is 2. The van der Waals surface area contributed by atoms with Gasteiger partial charge in [0.1, 0.15) is 0 Å². The fraction of sp³-hybridized carbons (Fsp3) is 0.429. The van der Waals surface area contributed by atoms with Gasteiger partial charge >= 0.3 is 0 Å². The van der Waals surface area contributed by atoms with E-state index in [1.165, 1.54) is 0 Å². The lowest BCUT2D eigenvalue weighted by atomic mass is 10.1. The number of nitrogens with one attached hydrogen (secondary N) is 2. The summed E-state index contributed by atoms with van der Waals surface area (Å²) in [5.74, 6) is -0.217. The molecule has 1 aliphatic carbocycles. The smallest absolute Gasteiger partial charge is 0.239 e. The van der Waals surface area contributed by atoms with Crippen LogP contribution in [0.1, 0.15) is 24.8 Å². The fourth-order valence-corrected chi connectivity index (χ4v) is 1.72. The number of carbonyl (C=O) groups is 2. The summed E-state index contributed by atoms with van der Waals surface area (Å²) in [5.41, 5.74) is 7.36. The second-order valence-electron chi connectivity index (χ2n) is 4.86. The number of hydrogen-bond acceptors (Lipinski definition) is 3. The minimum Gasteiger partial charge on any atom is -0.399 e. The van der Waals surface area contributed by atoms with Crippen LogP contribution < -0.4 is 16.4 Å². The lowest BCUT2D eigenvalue weighted by Gasteiger charge is -2.06. The molecule has 102 valence electrons. The molecular weight excluding hydrogens is 242 g/mol. The van der Waals surface area contributed by atoms with E-state index in [2.05, 4.69) is 10.6 Å². The number of hydrogen-bond donors (Lipinski definition) is 3. The molecule has 0 saturated heterocycles. The van der Waals surface area contributed by atoms with Crippen LogP contribution in [0.3, 0.4) is 0 Å². The first-order chi connectivity index (χ1) is 9.13. The summed E-state index contributed by atoms with van der Waals surface area (Å²) in [4.78, 5) is 22.9. The van der Waals surface area contributed by atoms with Gasteiger partial charge in [-0.25, -0.2) is 0 Å². The van der Waals surface area contributed by atoms with E-state index in [-0.39, 0.29) is 18.4 Å². The van der Waals surface area contributed by atoms with E-state index in [4.69, 9.17) is 5.73 Å².